The fourth-order valence-electron chi connectivity index (χ4n) is 1.29. The van der Waals surface area contributed by atoms with Gasteiger partial charge in [-0.15, -0.1) is 0 Å². The van der Waals surface area contributed by atoms with Crippen LogP contribution in [0, 0.1) is 0 Å². The minimum atomic E-state index is -3.59. The van der Waals surface area contributed by atoms with Crippen molar-refractivity contribution in [1.82, 2.24) is 0 Å². The molecule has 100 valence electrons. The number of methoxy groups -OCH3 is 1. The number of aliphatic hydroxyl groups is 1. The number of carboxylic acids is 1. The second-order valence-corrected chi connectivity index (χ2v) is 5.75. The van der Waals surface area contributed by atoms with Gasteiger partial charge in [-0.2, -0.15) is 0 Å². The van der Waals surface area contributed by atoms with Crippen molar-refractivity contribution < 1.29 is 28.2 Å². The van der Waals surface area contributed by atoms with Gasteiger partial charge in [-0.1, -0.05) is 0 Å². The molecule has 2 N–H and O–H groups in total. The first-order valence-corrected chi connectivity index (χ1v) is 6.79. The zero-order chi connectivity index (χ0) is 13.8. The number of ether oxygens (including phenoxy) is 1. The van der Waals surface area contributed by atoms with E-state index >= 15 is 0 Å². The zero-order valence-electron chi connectivity index (χ0n) is 9.74. The number of carboxylic acid groups (broad SMARTS) is 1. The Kier molecular flexibility index (Phi) is 4.69. The van der Waals surface area contributed by atoms with Crippen molar-refractivity contribution in [1.29, 1.82) is 0 Å². The Morgan fingerprint density at radius 1 is 1.33 bits per heavy atom. The van der Waals surface area contributed by atoms with Gasteiger partial charge in [0.2, 0.25) is 0 Å². The molecule has 1 rings (SSSR count). The number of hydrogen-bond acceptors (Lipinski definition) is 5. The summed E-state index contributed by atoms with van der Waals surface area (Å²) in [7, 11) is -2.13. The SMILES string of the molecule is COc1ccc(S(=O)(=O)CCC(O)C(=O)O)cc1. The molecule has 1 aromatic carbocycles. The highest BCUT2D eigenvalue weighted by atomic mass is 32.2. The number of sulfone groups is 1. The van der Waals surface area contributed by atoms with Crippen LogP contribution >= 0.6 is 0 Å². The van der Waals surface area contributed by atoms with Crippen LogP contribution in [0.15, 0.2) is 29.2 Å². The lowest BCUT2D eigenvalue weighted by molar-refractivity contribution is -0.146. The van der Waals surface area contributed by atoms with Crippen LogP contribution in [0.3, 0.4) is 0 Å². The van der Waals surface area contributed by atoms with E-state index in [1.54, 1.807) is 0 Å². The molecule has 0 aromatic heterocycles. The van der Waals surface area contributed by atoms with Gasteiger partial charge in [0.05, 0.1) is 17.8 Å². The van der Waals surface area contributed by atoms with E-state index < -0.39 is 27.7 Å². The van der Waals surface area contributed by atoms with Crippen molar-refractivity contribution in [3.8, 4) is 5.75 Å². The molecule has 0 amide bonds. The lowest BCUT2D eigenvalue weighted by Crippen LogP contribution is -2.23. The molecule has 1 aromatic rings. The Bertz CT molecular complexity index is 505. The first kappa shape index (κ1) is 14.5. The van der Waals surface area contributed by atoms with E-state index in [1.165, 1.54) is 31.4 Å². The lowest BCUT2D eigenvalue weighted by atomic mass is 10.3. The molecule has 0 saturated carbocycles. The van der Waals surface area contributed by atoms with Crippen molar-refractivity contribution in [2.45, 2.75) is 17.4 Å². The largest absolute Gasteiger partial charge is 0.497 e. The molecule has 0 aliphatic rings. The first-order chi connectivity index (χ1) is 8.36. The maximum absolute atomic E-state index is 11.8. The Morgan fingerprint density at radius 3 is 2.33 bits per heavy atom. The van der Waals surface area contributed by atoms with Gasteiger partial charge in [0.1, 0.15) is 5.75 Å². The van der Waals surface area contributed by atoms with Gasteiger partial charge in [0.15, 0.2) is 15.9 Å². The Morgan fingerprint density at radius 2 is 1.89 bits per heavy atom. The van der Waals surface area contributed by atoms with Gasteiger partial charge < -0.3 is 14.9 Å². The molecule has 1 unspecified atom stereocenters. The van der Waals surface area contributed by atoms with Crippen molar-refractivity contribution in [2.24, 2.45) is 0 Å². The molecule has 0 saturated heterocycles. The van der Waals surface area contributed by atoms with Crippen LogP contribution in [-0.2, 0) is 14.6 Å². The molecular weight excluding hydrogens is 260 g/mol. The molecule has 0 aliphatic heterocycles. The Labute approximate surface area is 105 Å². The summed E-state index contributed by atoms with van der Waals surface area (Å²) in [6.07, 6.45) is -2.01. The smallest absolute Gasteiger partial charge is 0.332 e. The van der Waals surface area contributed by atoms with Crippen LogP contribution in [-0.4, -0.2) is 43.6 Å². The highest BCUT2D eigenvalue weighted by Gasteiger charge is 2.20. The van der Waals surface area contributed by atoms with Crippen LogP contribution in [0.5, 0.6) is 5.75 Å². The third-order valence-electron chi connectivity index (χ3n) is 2.36. The highest BCUT2D eigenvalue weighted by Crippen LogP contribution is 2.17. The van der Waals surface area contributed by atoms with Crippen LogP contribution in [0.25, 0.3) is 0 Å². The Balaban J connectivity index is 2.76. The first-order valence-electron chi connectivity index (χ1n) is 5.14. The van der Waals surface area contributed by atoms with Crippen LogP contribution in [0.2, 0.25) is 0 Å². The summed E-state index contributed by atoms with van der Waals surface area (Å²) in [5, 5.41) is 17.5. The quantitative estimate of drug-likeness (QED) is 0.774. The fraction of sp³-hybridized carbons (Fsp3) is 0.364. The van der Waals surface area contributed by atoms with Crippen LogP contribution < -0.4 is 4.74 Å². The minimum absolute atomic E-state index is 0.0703. The monoisotopic (exact) mass is 274 g/mol. The number of carbonyl (C=O) groups is 1. The van der Waals surface area contributed by atoms with Crippen molar-refractivity contribution in [3.63, 3.8) is 0 Å². The van der Waals surface area contributed by atoms with E-state index in [-0.39, 0.29) is 11.3 Å². The highest BCUT2D eigenvalue weighted by molar-refractivity contribution is 7.91. The number of hydrogen-bond donors (Lipinski definition) is 2. The molecule has 6 nitrogen and oxygen atoms in total. The van der Waals surface area contributed by atoms with Crippen molar-refractivity contribution >= 4 is 15.8 Å². The summed E-state index contributed by atoms with van der Waals surface area (Å²) in [5.74, 6) is -1.33. The Hall–Kier alpha value is -1.60. The van der Waals surface area contributed by atoms with E-state index in [1.807, 2.05) is 0 Å². The molecule has 1 atom stereocenters. The van der Waals surface area contributed by atoms with Crippen LogP contribution in [0.4, 0.5) is 0 Å². The number of aliphatic carboxylic acids is 1. The number of aliphatic hydroxyl groups excluding tert-OH is 1. The van der Waals surface area contributed by atoms with Crippen molar-refractivity contribution in [2.75, 3.05) is 12.9 Å². The maximum Gasteiger partial charge on any atom is 0.332 e. The predicted octanol–water partition coefficient (Wildman–Crippen LogP) is 0.304. The van der Waals surface area contributed by atoms with Gasteiger partial charge >= 0.3 is 5.97 Å². The summed E-state index contributed by atoms with van der Waals surface area (Å²) in [5.41, 5.74) is 0. The summed E-state index contributed by atoms with van der Waals surface area (Å²) in [6, 6.07) is 5.75. The topological polar surface area (TPSA) is 101 Å². The average Bonchev–Trinajstić information content (AvgIpc) is 2.36. The normalized spacial score (nSPS) is 13.0. The second-order valence-electron chi connectivity index (χ2n) is 3.64. The summed E-state index contributed by atoms with van der Waals surface area (Å²) < 4.78 is 28.5. The molecule has 0 aliphatic carbocycles. The number of benzene rings is 1. The third kappa shape index (κ3) is 3.71. The molecule has 7 heteroatoms. The van der Waals surface area contributed by atoms with E-state index in [4.69, 9.17) is 14.9 Å². The van der Waals surface area contributed by atoms with E-state index in [0.717, 1.165) is 0 Å². The van der Waals surface area contributed by atoms with Gasteiger partial charge in [0, 0.05) is 0 Å². The molecule has 18 heavy (non-hydrogen) atoms. The second kappa shape index (κ2) is 5.83. The van der Waals surface area contributed by atoms with Gasteiger partial charge in [-0.25, -0.2) is 13.2 Å². The molecule has 0 spiro atoms. The minimum Gasteiger partial charge on any atom is -0.497 e. The summed E-state index contributed by atoms with van der Waals surface area (Å²) in [6.45, 7) is 0. The molecule has 0 heterocycles. The molecule has 0 radical (unpaired) electrons. The van der Waals surface area contributed by atoms with Gasteiger partial charge in [0.25, 0.3) is 0 Å². The van der Waals surface area contributed by atoms with Crippen LogP contribution in [0.1, 0.15) is 6.42 Å². The molecule has 0 fully saturated rings. The van der Waals surface area contributed by atoms with Crippen molar-refractivity contribution in [3.05, 3.63) is 24.3 Å². The van der Waals surface area contributed by atoms with E-state index in [0.29, 0.717) is 5.75 Å². The molecule has 0 bridgehead atoms. The summed E-state index contributed by atoms with van der Waals surface area (Å²) >= 11 is 0. The van der Waals surface area contributed by atoms with Gasteiger partial charge in [-0.3, -0.25) is 0 Å². The maximum atomic E-state index is 11.8. The average molecular weight is 274 g/mol. The predicted molar refractivity (Wildman–Crippen MR) is 63.3 cm³/mol. The van der Waals surface area contributed by atoms with E-state index in [2.05, 4.69) is 0 Å². The third-order valence-corrected chi connectivity index (χ3v) is 4.13. The number of rotatable bonds is 6. The van der Waals surface area contributed by atoms with Gasteiger partial charge in [-0.05, 0) is 30.7 Å². The standard InChI is InChI=1S/C11H14O6S/c1-17-8-2-4-9(5-3-8)18(15,16)7-6-10(12)11(13)14/h2-5,10,12H,6-7H2,1H3,(H,13,14). The van der Waals surface area contributed by atoms with E-state index in [9.17, 15) is 13.2 Å². The fourth-order valence-corrected chi connectivity index (χ4v) is 2.61. The summed E-state index contributed by atoms with van der Waals surface area (Å²) in [4.78, 5) is 10.4. The zero-order valence-corrected chi connectivity index (χ0v) is 10.6. The molecular formula is C11H14O6S. The lowest BCUT2D eigenvalue weighted by Gasteiger charge is -2.07.